The van der Waals surface area contributed by atoms with Gasteiger partial charge in [0.05, 0.1) is 11.0 Å². The van der Waals surface area contributed by atoms with Crippen molar-refractivity contribution in [3.63, 3.8) is 0 Å². The number of sulfone groups is 1. The second kappa shape index (κ2) is 4.44. The normalized spacial score (nSPS) is 29.5. The van der Waals surface area contributed by atoms with Gasteiger partial charge in [0.15, 0.2) is 9.84 Å². The van der Waals surface area contributed by atoms with Crippen molar-refractivity contribution in [2.45, 2.75) is 12.2 Å². The minimum Gasteiger partial charge on any atom is -0.297 e. The van der Waals surface area contributed by atoms with Crippen LogP contribution >= 0.6 is 11.6 Å². The van der Waals surface area contributed by atoms with E-state index in [1.807, 2.05) is 6.08 Å². The van der Waals surface area contributed by atoms with E-state index in [9.17, 15) is 8.42 Å². The molecule has 1 aliphatic rings. The molecule has 1 heterocycles. The van der Waals surface area contributed by atoms with E-state index in [1.165, 1.54) is 5.54 Å². The molecule has 1 aliphatic heterocycles. The van der Waals surface area contributed by atoms with Crippen molar-refractivity contribution in [3.05, 3.63) is 11.6 Å². The van der Waals surface area contributed by atoms with E-state index in [-0.39, 0.29) is 11.0 Å². The van der Waals surface area contributed by atoms with Crippen molar-refractivity contribution in [1.29, 1.82) is 0 Å². The van der Waals surface area contributed by atoms with Crippen LogP contribution in [0.2, 0.25) is 0 Å². The lowest BCUT2D eigenvalue weighted by molar-refractivity contribution is 0.306. The van der Waals surface area contributed by atoms with Crippen LogP contribution in [0.1, 0.15) is 6.92 Å². The van der Waals surface area contributed by atoms with E-state index >= 15 is 0 Å². The maximum absolute atomic E-state index is 11.3. The van der Waals surface area contributed by atoms with Crippen LogP contribution in [-0.4, -0.2) is 44.0 Å². The summed E-state index contributed by atoms with van der Waals surface area (Å²) >= 11 is 5.39. The van der Waals surface area contributed by atoms with Gasteiger partial charge in [0.1, 0.15) is 0 Å². The van der Waals surface area contributed by atoms with Gasteiger partial charge in [-0.25, -0.2) is 8.42 Å². The zero-order chi connectivity index (χ0) is 9.90. The number of halogens is 1. The highest BCUT2D eigenvalue weighted by Crippen LogP contribution is 2.11. The molecule has 0 bridgehead atoms. The molecule has 1 rings (SSSR count). The molecule has 76 valence electrons. The number of nitrogens with zero attached hydrogens (tertiary/aromatic N) is 1. The lowest BCUT2D eigenvalue weighted by Gasteiger charge is -2.29. The first-order valence-electron chi connectivity index (χ1n) is 4.25. The SMILES string of the molecule is CC1CN(C/C=C/Cl)CCS1(=O)=O. The van der Waals surface area contributed by atoms with Gasteiger partial charge < -0.3 is 0 Å². The Bertz CT molecular complexity index is 287. The highest BCUT2D eigenvalue weighted by Gasteiger charge is 2.28. The zero-order valence-electron chi connectivity index (χ0n) is 7.61. The van der Waals surface area contributed by atoms with Crippen LogP contribution in [0, 0.1) is 0 Å². The Morgan fingerprint density at radius 3 is 2.85 bits per heavy atom. The molecule has 0 spiro atoms. The van der Waals surface area contributed by atoms with Crippen LogP contribution in [0.25, 0.3) is 0 Å². The monoisotopic (exact) mass is 223 g/mol. The molecule has 1 saturated heterocycles. The summed E-state index contributed by atoms with van der Waals surface area (Å²) in [5.41, 5.74) is 1.47. The van der Waals surface area contributed by atoms with Crippen LogP contribution in [0.5, 0.6) is 0 Å². The van der Waals surface area contributed by atoms with Crippen molar-refractivity contribution >= 4 is 21.4 Å². The van der Waals surface area contributed by atoms with E-state index in [1.54, 1.807) is 6.92 Å². The van der Waals surface area contributed by atoms with Crippen molar-refractivity contribution in [3.8, 4) is 0 Å². The fraction of sp³-hybridized carbons (Fsp3) is 0.750. The van der Waals surface area contributed by atoms with E-state index in [2.05, 4.69) is 4.90 Å². The Balaban J connectivity index is 2.51. The first kappa shape index (κ1) is 11.0. The predicted octanol–water partition coefficient (Wildman–Crippen LogP) is 0.858. The highest BCUT2D eigenvalue weighted by atomic mass is 35.5. The molecule has 0 radical (unpaired) electrons. The Kier molecular flexibility index (Phi) is 3.76. The first-order valence-corrected chi connectivity index (χ1v) is 6.40. The molecule has 0 amide bonds. The van der Waals surface area contributed by atoms with Crippen molar-refractivity contribution < 1.29 is 8.42 Å². The second-order valence-electron chi connectivity index (χ2n) is 3.30. The molecule has 0 N–H and O–H groups in total. The average Bonchev–Trinajstić information content (AvgIpc) is 2.07. The molecular formula is C8H14ClNO2S. The molecule has 1 atom stereocenters. The zero-order valence-corrected chi connectivity index (χ0v) is 9.18. The third-order valence-electron chi connectivity index (χ3n) is 2.27. The number of hydrogen-bond donors (Lipinski definition) is 0. The maximum Gasteiger partial charge on any atom is 0.155 e. The average molecular weight is 224 g/mol. The van der Waals surface area contributed by atoms with Crippen LogP contribution in [-0.2, 0) is 9.84 Å². The summed E-state index contributed by atoms with van der Waals surface area (Å²) < 4.78 is 22.7. The van der Waals surface area contributed by atoms with Gasteiger partial charge >= 0.3 is 0 Å². The topological polar surface area (TPSA) is 37.4 Å². The standard InChI is InChI=1S/C8H14ClNO2S/c1-8-7-10(4-2-3-9)5-6-13(8,11)12/h2-3,8H,4-7H2,1H3/b3-2+. The Morgan fingerprint density at radius 2 is 2.31 bits per heavy atom. The van der Waals surface area contributed by atoms with Crippen molar-refractivity contribution in [2.75, 3.05) is 25.4 Å². The molecule has 0 aromatic heterocycles. The van der Waals surface area contributed by atoms with E-state index in [0.717, 1.165) is 6.54 Å². The van der Waals surface area contributed by atoms with Gasteiger partial charge in [-0.15, -0.1) is 0 Å². The second-order valence-corrected chi connectivity index (χ2v) is 6.09. The lowest BCUT2D eigenvalue weighted by Crippen LogP contribution is -2.45. The molecule has 1 fully saturated rings. The molecular weight excluding hydrogens is 210 g/mol. The fourth-order valence-electron chi connectivity index (χ4n) is 1.38. The van der Waals surface area contributed by atoms with E-state index in [4.69, 9.17) is 11.6 Å². The predicted molar refractivity (Wildman–Crippen MR) is 54.7 cm³/mol. The molecule has 0 aromatic carbocycles. The summed E-state index contributed by atoms with van der Waals surface area (Å²) in [4.78, 5) is 2.09. The van der Waals surface area contributed by atoms with Crippen LogP contribution in [0.4, 0.5) is 0 Å². The van der Waals surface area contributed by atoms with Gasteiger partial charge in [0.2, 0.25) is 0 Å². The third kappa shape index (κ3) is 2.97. The molecule has 0 aromatic rings. The lowest BCUT2D eigenvalue weighted by atomic mass is 10.4. The molecule has 3 nitrogen and oxygen atoms in total. The Morgan fingerprint density at radius 1 is 1.62 bits per heavy atom. The molecule has 13 heavy (non-hydrogen) atoms. The smallest absolute Gasteiger partial charge is 0.155 e. The van der Waals surface area contributed by atoms with Crippen molar-refractivity contribution in [2.24, 2.45) is 0 Å². The maximum atomic E-state index is 11.3. The van der Waals surface area contributed by atoms with Crippen LogP contribution in [0.3, 0.4) is 0 Å². The highest BCUT2D eigenvalue weighted by molar-refractivity contribution is 7.92. The molecule has 1 unspecified atom stereocenters. The minimum atomic E-state index is -2.82. The summed E-state index contributed by atoms with van der Waals surface area (Å²) in [6.45, 7) is 3.73. The number of rotatable bonds is 2. The largest absolute Gasteiger partial charge is 0.297 e. The summed E-state index contributed by atoms with van der Waals surface area (Å²) in [6, 6.07) is 0. The molecule has 0 saturated carbocycles. The quantitative estimate of drug-likeness (QED) is 0.697. The molecule has 5 heteroatoms. The van der Waals surface area contributed by atoms with Gasteiger partial charge in [-0.2, -0.15) is 0 Å². The van der Waals surface area contributed by atoms with Gasteiger partial charge in [-0.3, -0.25) is 4.90 Å². The molecule has 0 aliphatic carbocycles. The van der Waals surface area contributed by atoms with Gasteiger partial charge in [-0.05, 0) is 6.92 Å². The summed E-state index contributed by atoms with van der Waals surface area (Å²) in [5, 5.41) is -0.245. The summed E-state index contributed by atoms with van der Waals surface area (Å²) in [7, 11) is -2.82. The Labute approximate surface area is 84.3 Å². The van der Waals surface area contributed by atoms with Crippen LogP contribution < -0.4 is 0 Å². The van der Waals surface area contributed by atoms with Gasteiger partial charge in [0, 0.05) is 25.2 Å². The van der Waals surface area contributed by atoms with Gasteiger partial charge in [-0.1, -0.05) is 17.7 Å². The fourth-order valence-corrected chi connectivity index (χ4v) is 2.81. The van der Waals surface area contributed by atoms with E-state index < -0.39 is 9.84 Å². The minimum absolute atomic E-state index is 0.245. The van der Waals surface area contributed by atoms with Crippen LogP contribution in [0.15, 0.2) is 11.6 Å². The van der Waals surface area contributed by atoms with E-state index in [0.29, 0.717) is 13.1 Å². The summed E-state index contributed by atoms with van der Waals surface area (Å²) in [5.74, 6) is 0.268. The number of hydrogen-bond acceptors (Lipinski definition) is 3. The third-order valence-corrected chi connectivity index (χ3v) is 4.58. The van der Waals surface area contributed by atoms with Gasteiger partial charge in [0.25, 0.3) is 0 Å². The van der Waals surface area contributed by atoms with Crippen molar-refractivity contribution in [1.82, 2.24) is 4.90 Å². The Hall–Kier alpha value is -0.0600. The first-order chi connectivity index (χ1) is 6.06. The summed E-state index contributed by atoms with van der Waals surface area (Å²) in [6.07, 6.45) is 1.83.